The lowest BCUT2D eigenvalue weighted by Crippen LogP contribution is -2.13. The van der Waals surface area contributed by atoms with Gasteiger partial charge in [-0.3, -0.25) is 0 Å². The number of hydrogen-bond donors (Lipinski definition) is 1. The van der Waals surface area contributed by atoms with Crippen LogP contribution in [0.4, 0.5) is 0 Å². The highest BCUT2D eigenvalue weighted by atomic mass is 79.9. The Morgan fingerprint density at radius 1 is 1.33 bits per heavy atom. The molecule has 1 aliphatic rings. The average Bonchev–Trinajstić information content (AvgIpc) is 3.02. The fraction of sp³-hybridized carbons (Fsp3) is 0.385. The van der Waals surface area contributed by atoms with E-state index < -0.39 is 0 Å². The summed E-state index contributed by atoms with van der Waals surface area (Å²) in [5.41, 5.74) is 1.19. The van der Waals surface area contributed by atoms with E-state index in [0.29, 0.717) is 6.42 Å². The summed E-state index contributed by atoms with van der Waals surface area (Å²) in [4.78, 5) is 4.46. The molecule has 0 saturated carbocycles. The van der Waals surface area contributed by atoms with E-state index in [-0.39, 0.29) is 6.04 Å². The molecule has 2 aromatic rings. The molecule has 18 heavy (non-hydrogen) atoms. The van der Waals surface area contributed by atoms with Crippen LogP contribution in [0.25, 0.3) is 0 Å². The Morgan fingerprint density at radius 2 is 2.17 bits per heavy atom. The van der Waals surface area contributed by atoms with Crippen molar-refractivity contribution in [1.29, 1.82) is 0 Å². The van der Waals surface area contributed by atoms with Gasteiger partial charge in [-0.15, -0.1) is 0 Å². The number of aromatic nitrogens is 2. The molecule has 0 radical (unpaired) electrons. The first-order valence-corrected chi connectivity index (χ1v) is 6.91. The molecule has 4 nitrogen and oxygen atoms in total. The molecular formula is C13H14BrN3O. The molecule has 1 N–H and O–H groups in total. The Kier molecular flexibility index (Phi) is 3.43. The monoisotopic (exact) mass is 307 g/mol. The number of nitrogens with zero attached hydrogens (tertiary/aromatic N) is 2. The molecule has 2 heterocycles. The van der Waals surface area contributed by atoms with Crippen LogP contribution in [-0.2, 0) is 6.42 Å². The largest absolute Gasteiger partial charge is 0.338 e. The van der Waals surface area contributed by atoms with Gasteiger partial charge in [0.25, 0.3) is 0 Å². The molecule has 0 bridgehead atoms. The highest BCUT2D eigenvalue weighted by Gasteiger charge is 2.22. The van der Waals surface area contributed by atoms with Crippen molar-refractivity contribution in [3.8, 4) is 0 Å². The van der Waals surface area contributed by atoms with Crippen LogP contribution in [-0.4, -0.2) is 16.7 Å². The first-order chi connectivity index (χ1) is 8.81. The third kappa shape index (κ3) is 2.62. The molecule has 3 rings (SSSR count). The van der Waals surface area contributed by atoms with E-state index in [0.717, 1.165) is 29.2 Å². The van der Waals surface area contributed by atoms with Gasteiger partial charge >= 0.3 is 0 Å². The third-order valence-electron chi connectivity index (χ3n) is 3.12. The summed E-state index contributed by atoms with van der Waals surface area (Å²) in [6, 6.07) is 8.42. The quantitative estimate of drug-likeness (QED) is 0.947. The second kappa shape index (κ2) is 5.20. The maximum Gasteiger partial charge on any atom is 0.243 e. The van der Waals surface area contributed by atoms with E-state index in [9.17, 15) is 0 Å². The Morgan fingerprint density at radius 3 is 2.89 bits per heavy atom. The molecule has 1 fully saturated rings. The van der Waals surface area contributed by atoms with Crippen molar-refractivity contribution in [2.24, 2.45) is 0 Å². The smallest absolute Gasteiger partial charge is 0.243 e. The van der Waals surface area contributed by atoms with E-state index >= 15 is 0 Å². The number of benzene rings is 1. The van der Waals surface area contributed by atoms with Gasteiger partial charge in [0.2, 0.25) is 5.89 Å². The molecule has 0 unspecified atom stereocenters. The molecule has 1 aromatic heterocycles. The van der Waals surface area contributed by atoms with Gasteiger partial charge < -0.3 is 9.84 Å². The van der Waals surface area contributed by atoms with Crippen LogP contribution in [0.2, 0.25) is 0 Å². The summed E-state index contributed by atoms with van der Waals surface area (Å²) in [6.45, 7) is 1.04. The van der Waals surface area contributed by atoms with Crippen molar-refractivity contribution in [2.75, 3.05) is 6.54 Å². The predicted molar refractivity (Wildman–Crippen MR) is 71.2 cm³/mol. The molecular weight excluding hydrogens is 294 g/mol. The molecule has 1 saturated heterocycles. The van der Waals surface area contributed by atoms with Crippen LogP contribution < -0.4 is 5.32 Å². The summed E-state index contributed by atoms with van der Waals surface area (Å²) < 4.78 is 6.39. The van der Waals surface area contributed by atoms with Crippen molar-refractivity contribution in [2.45, 2.75) is 25.3 Å². The van der Waals surface area contributed by atoms with Gasteiger partial charge in [0, 0.05) is 10.9 Å². The first kappa shape index (κ1) is 11.9. The lowest BCUT2D eigenvalue weighted by molar-refractivity contribution is 0.341. The molecule has 1 atom stereocenters. The summed E-state index contributed by atoms with van der Waals surface area (Å²) in [5.74, 6) is 1.47. The fourth-order valence-electron chi connectivity index (χ4n) is 2.16. The minimum Gasteiger partial charge on any atom is -0.338 e. The van der Waals surface area contributed by atoms with Gasteiger partial charge in [-0.1, -0.05) is 33.2 Å². The average molecular weight is 308 g/mol. The lowest BCUT2D eigenvalue weighted by Gasteiger charge is -2.01. The molecule has 1 aliphatic heterocycles. The normalized spacial score (nSPS) is 19.3. The van der Waals surface area contributed by atoms with E-state index in [4.69, 9.17) is 4.52 Å². The highest BCUT2D eigenvalue weighted by molar-refractivity contribution is 9.10. The third-order valence-corrected chi connectivity index (χ3v) is 3.65. The minimum absolute atomic E-state index is 0.246. The topological polar surface area (TPSA) is 51.0 Å². The summed E-state index contributed by atoms with van der Waals surface area (Å²) in [5, 5.41) is 7.40. The highest BCUT2D eigenvalue weighted by Crippen LogP contribution is 2.21. The summed E-state index contributed by atoms with van der Waals surface area (Å²) in [7, 11) is 0. The zero-order valence-electron chi connectivity index (χ0n) is 9.90. The van der Waals surface area contributed by atoms with Crippen LogP contribution >= 0.6 is 15.9 Å². The zero-order valence-corrected chi connectivity index (χ0v) is 11.5. The van der Waals surface area contributed by atoms with Crippen molar-refractivity contribution >= 4 is 15.9 Å². The minimum atomic E-state index is 0.246. The van der Waals surface area contributed by atoms with Crippen LogP contribution in [0.1, 0.15) is 36.2 Å². The first-order valence-electron chi connectivity index (χ1n) is 6.11. The summed E-state index contributed by atoms with van der Waals surface area (Å²) >= 11 is 3.42. The Hall–Kier alpha value is -1.20. The van der Waals surface area contributed by atoms with Crippen molar-refractivity contribution in [1.82, 2.24) is 15.5 Å². The van der Waals surface area contributed by atoms with Crippen molar-refractivity contribution in [3.05, 3.63) is 46.0 Å². The zero-order chi connectivity index (χ0) is 12.4. The van der Waals surface area contributed by atoms with E-state index in [1.165, 1.54) is 12.0 Å². The number of hydrogen-bond acceptors (Lipinski definition) is 4. The van der Waals surface area contributed by atoms with Gasteiger partial charge in [0.1, 0.15) is 0 Å². The van der Waals surface area contributed by atoms with Gasteiger partial charge in [-0.2, -0.15) is 4.98 Å². The van der Waals surface area contributed by atoms with Gasteiger partial charge in [-0.05, 0) is 37.1 Å². The number of halogens is 1. The summed E-state index contributed by atoms with van der Waals surface area (Å²) in [6.07, 6.45) is 2.97. The second-order valence-corrected chi connectivity index (χ2v) is 5.42. The van der Waals surface area contributed by atoms with Crippen molar-refractivity contribution < 1.29 is 4.52 Å². The maximum atomic E-state index is 5.31. The molecule has 1 aromatic carbocycles. The maximum absolute atomic E-state index is 5.31. The Balaban J connectivity index is 1.71. The molecule has 94 valence electrons. The van der Waals surface area contributed by atoms with Crippen LogP contribution in [0.15, 0.2) is 33.3 Å². The van der Waals surface area contributed by atoms with Crippen LogP contribution in [0, 0.1) is 0 Å². The SMILES string of the molecule is Brc1ccc(Cc2noc([C@H]3CCCN3)n2)cc1. The standard InChI is InChI=1S/C13H14BrN3O/c14-10-5-3-9(4-6-10)8-12-16-13(18-17-12)11-2-1-7-15-11/h3-6,11,15H,1-2,7-8H2/t11-/m1/s1. The molecule has 0 aliphatic carbocycles. The predicted octanol–water partition coefficient (Wildman–Crippen LogP) is 2.85. The number of rotatable bonds is 3. The van der Waals surface area contributed by atoms with Crippen LogP contribution in [0.3, 0.4) is 0 Å². The van der Waals surface area contributed by atoms with E-state index in [2.05, 4.69) is 43.5 Å². The van der Waals surface area contributed by atoms with E-state index in [1.54, 1.807) is 0 Å². The van der Waals surface area contributed by atoms with Gasteiger partial charge in [-0.25, -0.2) is 0 Å². The second-order valence-electron chi connectivity index (χ2n) is 4.50. The fourth-order valence-corrected chi connectivity index (χ4v) is 2.43. The molecule has 0 amide bonds. The Labute approximate surface area is 114 Å². The van der Waals surface area contributed by atoms with Crippen LogP contribution in [0.5, 0.6) is 0 Å². The molecule has 5 heteroatoms. The van der Waals surface area contributed by atoms with E-state index in [1.807, 2.05) is 12.1 Å². The Bertz CT molecular complexity index is 517. The van der Waals surface area contributed by atoms with Crippen molar-refractivity contribution in [3.63, 3.8) is 0 Å². The lowest BCUT2D eigenvalue weighted by atomic mass is 10.1. The molecule has 0 spiro atoms. The number of nitrogens with one attached hydrogen (secondary N) is 1. The van der Waals surface area contributed by atoms with Gasteiger partial charge in [0.15, 0.2) is 5.82 Å². The van der Waals surface area contributed by atoms with Gasteiger partial charge in [0.05, 0.1) is 6.04 Å².